The van der Waals surface area contributed by atoms with Crippen molar-refractivity contribution in [1.29, 1.82) is 0 Å². The van der Waals surface area contributed by atoms with Crippen LogP contribution < -0.4 is 24.7 Å². The second-order valence-electron chi connectivity index (χ2n) is 8.30. The van der Waals surface area contributed by atoms with Crippen molar-refractivity contribution in [2.45, 2.75) is 38.1 Å². The molecule has 1 N–H and O–H groups in total. The summed E-state index contributed by atoms with van der Waals surface area (Å²) in [6.07, 6.45) is 4.42. The van der Waals surface area contributed by atoms with Gasteiger partial charge in [0.05, 0.1) is 27.0 Å². The van der Waals surface area contributed by atoms with Crippen LogP contribution in [0.25, 0.3) is 0 Å². The van der Waals surface area contributed by atoms with Crippen molar-refractivity contribution in [3.63, 3.8) is 0 Å². The molecular weight excluding hydrogens is 396 g/mol. The molecule has 8 nitrogen and oxygen atoms in total. The maximum atomic E-state index is 12.3. The van der Waals surface area contributed by atoms with E-state index in [9.17, 15) is 4.79 Å². The molecule has 0 bridgehead atoms. The van der Waals surface area contributed by atoms with E-state index in [4.69, 9.17) is 19.2 Å². The lowest BCUT2D eigenvalue weighted by Crippen LogP contribution is -2.35. The van der Waals surface area contributed by atoms with Gasteiger partial charge in [0.25, 0.3) is 5.56 Å². The Hall–Kier alpha value is -2.74. The Morgan fingerprint density at radius 1 is 1.00 bits per heavy atom. The van der Waals surface area contributed by atoms with Crippen LogP contribution in [0.4, 0.5) is 5.95 Å². The first-order valence-electron chi connectivity index (χ1n) is 11.0. The van der Waals surface area contributed by atoms with Crippen molar-refractivity contribution in [1.82, 2.24) is 14.9 Å². The molecule has 2 aliphatic heterocycles. The third kappa shape index (κ3) is 4.79. The monoisotopic (exact) mass is 428 g/mol. The third-order valence-corrected chi connectivity index (χ3v) is 6.21. The molecule has 2 saturated heterocycles. The van der Waals surface area contributed by atoms with E-state index in [1.807, 2.05) is 12.1 Å². The number of aromatic nitrogens is 2. The van der Waals surface area contributed by atoms with E-state index in [0.717, 1.165) is 75.6 Å². The van der Waals surface area contributed by atoms with Gasteiger partial charge in [-0.25, -0.2) is 4.98 Å². The molecule has 1 atom stereocenters. The van der Waals surface area contributed by atoms with Crippen molar-refractivity contribution < 1.29 is 14.2 Å². The summed E-state index contributed by atoms with van der Waals surface area (Å²) in [5, 5.41) is 0. The predicted molar refractivity (Wildman–Crippen MR) is 120 cm³/mol. The molecule has 2 fully saturated rings. The molecule has 1 unspecified atom stereocenters. The lowest BCUT2D eigenvalue weighted by atomic mass is 9.94. The summed E-state index contributed by atoms with van der Waals surface area (Å²) in [6.45, 7) is 4.58. The molecule has 0 saturated carbocycles. The summed E-state index contributed by atoms with van der Waals surface area (Å²) in [4.78, 5) is 24.7. The highest BCUT2D eigenvalue weighted by Gasteiger charge is 2.25. The number of H-pyrrole nitrogens is 1. The maximum absolute atomic E-state index is 12.3. The Bertz CT molecular complexity index is 930. The lowest BCUT2D eigenvalue weighted by molar-refractivity contribution is 0.198. The fourth-order valence-corrected chi connectivity index (χ4v) is 4.68. The van der Waals surface area contributed by atoms with Gasteiger partial charge in [-0.1, -0.05) is 0 Å². The van der Waals surface area contributed by atoms with Gasteiger partial charge in [0.2, 0.25) is 11.7 Å². The molecule has 0 spiro atoms. The number of ether oxygens (including phenoxy) is 3. The van der Waals surface area contributed by atoms with Crippen LogP contribution in [0.2, 0.25) is 0 Å². The van der Waals surface area contributed by atoms with Crippen LogP contribution in [0.3, 0.4) is 0 Å². The van der Waals surface area contributed by atoms with Crippen LogP contribution in [0.1, 0.15) is 42.9 Å². The maximum Gasteiger partial charge on any atom is 0.252 e. The third-order valence-electron chi connectivity index (χ3n) is 6.21. The van der Waals surface area contributed by atoms with Crippen LogP contribution in [0, 0.1) is 0 Å². The van der Waals surface area contributed by atoms with Gasteiger partial charge in [0.1, 0.15) is 0 Å². The Morgan fingerprint density at radius 2 is 1.71 bits per heavy atom. The van der Waals surface area contributed by atoms with Gasteiger partial charge in [0.15, 0.2) is 11.5 Å². The highest BCUT2D eigenvalue weighted by Crippen LogP contribution is 2.39. The second kappa shape index (κ2) is 9.60. The molecular formula is C23H32N4O4. The van der Waals surface area contributed by atoms with E-state index in [0.29, 0.717) is 17.2 Å². The van der Waals surface area contributed by atoms with E-state index in [1.54, 1.807) is 27.4 Å². The van der Waals surface area contributed by atoms with Crippen molar-refractivity contribution in [2.24, 2.45) is 0 Å². The van der Waals surface area contributed by atoms with Crippen LogP contribution >= 0.6 is 0 Å². The van der Waals surface area contributed by atoms with Crippen molar-refractivity contribution >= 4 is 5.95 Å². The van der Waals surface area contributed by atoms with Crippen LogP contribution in [0.5, 0.6) is 17.2 Å². The molecule has 168 valence electrons. The Morgan fingerprint density at radius 3 is 2.35 bits per heavy atom. The van der Waals surface area contributed by atoms with Crippen LogP contribution in [0.15, 0.2) is 23.0 Å². The molecule has 2 aliphatic rings. The van der Waals surface area contributed by atoms with E-state index >= 15 is 0 Å². The molecule has 0 amide bonds. The minimum Gasteiger partial charge on any atom is -0.493 e. The van der Waals surface area contributed by atoms with Gasteiger partial charge in [-0.05, 0) is 49.9 Å². The van der Waals surface area contributed by atoms with Crippen molar-refractivity contribution in [2.75, 3.05) is 52.4 Å². The highest BCUT2D eigenvalue weighted by molar-refractivity contribution is 5.53. The Labute approximate surface area is 183 Å². The molecule has 0 aliphatic carbocycles. The van der Waals surface area contributed by atoms with Crippen molar-refractivity contribution in [3.8, 4) is 17.2 Å². The van der Waals surface area contributed by atoms with Gasteiger partial charge in [-0.3, -0.25) is 14.7 Å². The minimum atomic E-state index is -0.0614. The number of hydrogen-bond acceptors (Lipinski definition) is 7. The molecule has 8 heteroatoms. The number of anilines is 1. The van der Waals surface area contributed by atoms with E-state index in [2.05, 4.69) is 14.8 Å². The first-order valence-corrected chi connectivity index (χ1v) is 11.0. The number of piperidine rings is 1. The van der Waals surface area contributed by atoms with Gasteiger partial charge >= 0.3 is 0 Å². The van der Waals surface area contributed by atoms with Gasteiger partial charge in [-0.15, -0.1) is 0 Å². The second-order valence-corrected chi connectivity index (χ2v) is 8.30. The summed E-state index contributed by atoms with van der Waals surface area (Å²) in [5.74, 6) is 2.91. The zero-order valence-corrected chi connectivity index (χ0v) is 18.6. The topological polar surface area (TPSA) is 79.9 Å². The first-order chi connectivity index (χ1) is 15.1. The standard InChI is InChI=1S/C23H32N4O4/c1-29-19-11-16(12-20(30-2)22(19)31-3)14-26-8-6-7-17(15-26)18-13-21(28)25-23(24-18)27-9-4-5-10-27/h11-13,17H,4-10,14-15H2,1-3H3,(H,24,25,28). The normalized spacial score (nSPS) is 19.5. The van der Waals surface area contributed by atoms with E-state index in [-0.39, 0.29) is 11.5 Å². The Balaban J connectivity index is 1.51. The summed E-state index contributed by atoms with van der Waals surface area (Å²) in [7, 11) is 4.88. The quantitative estimate of drug-likeness (QED) is 0.726. The number of aromatic amines is 1. The summed E-state index contributed by atoms with van der Waals surface area (Å²) in [6, 6.07) is 5.68. The Kier molecular flexibility index (Phi) is 6.65. The van der Waals surface area contributed by atoms with Crippen molar-refractivity contribution in [3.05, 3.63) is 39.8 Å². The van der Waals surface area contributed by atoms with Crippen LogP contribution in [-0.4, -0.2) is 62.4 Å². The number of methoxy groups -OCH3 is 3. The lowest BCUT2D eigenvalue weighted by Gasteiger charge is -2.33. The summed E-state index contributed by atoms with van der Waals surface area (Å²) < 4.78 is 16.4. The zero-order chi connectivity index (χ0) is 21.8. The SMILES string of the molecule is COc1cc(CN2CCCC(c3cc(=O)[nH]c(N4CCCC4)n3)C2)cc(OC)c1OC. The van der Waals surface area contributed by atoms with Gasteiger partial charge in [0, 0.05) is 38.2 Å². The van der Waals surface area contributed by atoms with Crippen LogP contribution in [-0.2, 0) is 6.54 Å². The molecule has 4 rings (SSSR count). The highest BCUT2D eigenvalue weighted by atomic mass is 16.5. The van der Waals surface area contributed by atoms with E-state index < -0.39 is 0 Å². The number of benzene rings is 1. The summed E-state index contributed by atoms with van der Waals surface area (Å²) >= 11 is 0. The van der Waals surface area contributed by atoms with E-state index in [1.165, 1.54) is 0 Å². The average molecular weight is 429 g/mol. The largest absolute Gasteiger partial charge is 0.493 e. The van der Waals surface area contributed by atoms with Gasteiger partial charge < -0.3 is 19.1 Å². The summed E-state index contributed by atoms with van der Waals surface area (Å²) in [5.41, 5.74) is 1.95. The molecule has 31 heavy (non-hydrogen) atoms. The number of likely N-dealkylation sites (tertiary alicyclic amines) is 1. The average Bonchev–Trinajstić information content (AvgIpc) is 3.33. The minimum absolute atomic E-state index is 0.0614. The smallest absolute Gasteiger partial charge is 0.252 e. The molecule has 1 aromatic carbocycles. The molecule has 3 heterocycles. The number of nitrogens with zero attached hydrogens (tertiary/aromatic N) is 3. The fourth-order valence-electron chi connectivity index (χ4n) is 4.68. The predicted octanol–water partition coefficient (Wildman–Crippen LogP) is 2.78. The number of rotatable bonds is 7. The molecule has 0 radical (unpaired) electrons. The molecule has 1 aromatic heterocycles. The number of hydrogen-bond donors (Lipinski definition) is 1. The zero-order valence-electron chi connectivity index (χ0n) is 18.6. The fraction of sp³-hybridized carbons (Fsp3) is 0.565. The molecule has 2 aromatic rings. The number of nitrogens with one attached hydrogen (secondary N) is 1. The van der Waals surface area contributed by atoms with Gasteiger partial charge in [-0.2, -0.15) is 0 Å². The first kappa shape index (κ1) is 21.5.